The van der Waals surface area contributed by atoms with E-state index >= 15 is 0 Å². The van der Waals surface area contributed by atoms with Gasteiger partial charge in [0, 0.05) is 23.7 Å². The normalized spacial score (nSPS) is 13.1. The fourth-order valence-corrected chi connectivity index (χ4v) is 5.20. The number of amides is 1. The molecular formula is C25H29N3O3S. The SMILES string of the molecule is CCOC(=O)c1c(NC(=O)/C(C#N)=C/c2ccc(N(CC)CC)cc2)sc2c1CCCC2. The standard InChI is InChI=1S/C25H29N3O3S/c1-4-28(5-2)19-13-11-17(12-14-19)15-18(16-26)23(29)27-24-22(25(30)31-6-3)20-9-7-8-10-21(20)32-24/h11-15H,4-10H2,1-3H3,(H,27,29)/b18-15+. The van der Waals surface area contributed by atoms with Crippen LogP contribution in [0.2, 0.25) is 0 Å². The number of nitrogens with zero attached hydrogens (tertiary/aromatic N) is 2. The Morgan fingerprint density at radius 2 is 1.84 bits per heavy atom. The molecule has 1 N–H and O–H groups in total. The molecule has 1 amide bonds. The predicted molar refractivity (Wildman–Crippen MR) is 129 cm³/mol. The maximum absolute atomic E-state index is 12.9. The lowest BCUT2D eigenvalue weighted by atomic mass is 9.95. The summed E-state index contributed by atoms with van der Waals surface area (Å²) in [6.07, 6.45) is 5.34. The molecule has 0 spiro atoms. The van der Waals surface area contributed by atoms with E-state index in [2.05, 4.69) is 24.1 Å². The van der Waals surface area contributed by atoms with E-state index in [-0.39, 0.29) is 12.2 Å². The van der Waals surface area contributed by atoms with Gasteiger partial charge in [0.05, 0.1) is 12.2 Å². The van der Waals surface area contributed by atoms with Crippen LogP contribution in [0.3, 0.4) is 0 Å². The summed E-state index contributed by atoms with van der Waals surface area (Å²) < 4.78 is 5.24. The van der Waals surface area contributed by atoms with Crippen LogP contribution in [-0.2, 0) is 22.4 Å². The summed E-state index contributed by atoms with van der Waals surface area (Å²) in [6, 6.07) is 9.75. The summed E-state index contributed by atoms with van der Waals surface area (Å²) in [5, 5.41) is 12.9. The van der Waals surface area contributed by atoms with Gasteiger partial charge in [-0.05, 0) is 75.8 Å². The van der Waals surface area contributed by atoms with Crippen molar-refractivity contribution in [1.82, 2.24) is 0 Å². The minimum absolute atomic E-state index is 0.0123. The molecule has 3 rings (SSSR count). The van der Waals surface area contributed by atoms with Crippen LogP contribution in [0.4, 0.5) is 10.7 Å². The van der Waals surface area contributed by atoms with Gasteiger partial charge in [0.2, 0.25) is 0 Å². The highest BCUT2D eigenvalue weighted by Crippen LogP contribution is 2.38. The number of thiophene rings is 1. The highest BCUT2D eigenvalue weighted by molar-refractivity contribution is 7.17. The van der Waals surface area contributed by atoms with Crippen LogP contribution in [0, 0.1) is 11.3 Å². The van der Waals surface area contributed by atoms with E-state index in [1.54, 1.807) is 13.0 Å². The second kappa shape index (κ2) is 11.0. The number of ether oxygens (including phenoxy) is 1. The lowest BCUT2D eigenvalue weighted by molar-refractivity contribution is -0.112. The maximum Gasteiger partial charge on any atom is 0.341 e. The summed E-state index contributed by atoms with van der Waals surface area (Å²) in [6.45, 7) is 8.04. The first-order valence-corrected chi connectivity index (χ1v) is 11.9. The molecule has 0 bridgehead atoms. The smallest absolute Gasteiger partial charge is 0.341 e. The molecule has 0 saturated heterocycles. The zero-order valence-electron chi connectivity index (χ0n) is 18.9. The van der Waals surface area contributed by atoms with Gasteiger partial charge in [0.25, 0.3) is 5.91 Å². The highest BCUT2D eigenvalue weighted by Gasteiger charge is 2.27. The Bertz CT molecular complexity index is 1040. The van der Waals surface area contributed by atoms with E-state index in [9.17, 15) is 14.9 Å². The minimum Gasteiger partial charge on any atom is -0.462 e. The number of hydrogen-bond donors (Lipinski definition) is 1. The Morgan fingerprint density at radius 3 is 2.47 bits per heavy atom. The zero-order valence-corrected chi connectivity index (χ0v) is 19.7. The third-order valence-corrected chi connectivity index (χ3v) is 6.78. The van der Waals surface area contributed by atoms with Crippen molar-refractivity contribution in [3.63, 3.8) is 0 Å². The van der Waals surface area contributed by atoms with Gasteiger partial charge in [-0.2, -0.15) is 5.26 Å². The number of nitriles is 1. The topological polar surface area (TPSA) is 82.4 Å². The molecule has 0 fully saturated rings. The fraction of sp³-hybridized carbons (Fsp3) is 0.400. The maximum atomic E-state index is 12.9. The number of rotatable bonds is 8. The van der Waals surface area contributed by atoms with Crippen molar-refractivity contribution in [2.75, 3.05) is 29.9 Å². The molecule has 0 atom stereocenters. The number of nitrogens with one attached hydrogen (secondary N) is 1. The monoisotopic (exact) mass is 451 g/mol. The number of benzene rings is 1. The van der Waals surface area contributed by atoms with Crippen molar-refractivity contribution >= 4 is 40.0 Å². The largest absolute Gasteiger partial charge is 0.462 e. The van der Waals surface area contributed by atoms with Crippen LogP contribution in [-0.4, -0.2) is 31.6 Å². The Hall–Kier alpha value is -3.11. The van der Waals surface area contributed by atoms with Gasteiger partial charge in [0.1, 0.15) is 16.6 Å². The fourth-order valence-electron chi connectivity index (χ4n) is 3.93. The highest BCUT2D eigenvalue weighted by atomic mass is 32.1. The molecule has 1 heterocycles. The number of carbonyl (C=O) groups excluding carboxylic acids is 2. The third kappa shape index (κ3) is 5.20. The number of esters is 1. The average Bonchev–Trinajstić information content (AvgIpc) is 3.17. The van der Waals surface area contributed by atoms with Crippen LogP contribution < -0.4 is 10.2 Å². The number of carbonyl (C=O) groups is 2. The second-order valence-corrected chi connectivity index (χ2v) is 8.63. The number of anilines is 2. The van der Waals surface area contributed by atoms with E-state index < -0.39 is 11.9 Å². The van der Waals surface area contributed by atoms with Crippen molar-refractivity contribution in [2.24, 2.45) is 0 Å². The Balaban J connectivity index is 1.85. The molecule has 2 aromatic rings. The second-order valence-electron chi connectivity index (χ2n) is 7.52. The van der Waals surface area contributed by atoms with E-state index in [0.29, 0.717) is 10.6 Å². The Morgan fingerprint density at radius 1 is 1.16 bits per heavy atom. The van der Waals surface area contributed by atoms with Crippen LogP contribution in [0.25, 0.3) is 6.08 Å². The van der Waals surface area contributed by atoms with Crippen LogP contribution in [0.5, 0.6) is 0 Å². The van der Waals surface area contributed by atoms with Gasteiger partial charge in [0.15, 0.2) is 0 Å². The quantitative estimate of drug-likeness (QED) is 0.339. The Labute approximate surface area is 193 Å². The summed E-state index contributed by atoms with van der Waals surface area (Å²) in [7, 11) is 0. The van der Waals surface area contributed by atoms with Crippen molar-refractivity contribution in [3.8, 4) is 6.07 Å². The van der Waals surface area contributed by atoms with Crippen LogP contribution >= 0.6 is 11.3 Å². The van der Waals surface area contributed by atoms with Gasteiger partial charge in [-0.25, -0.2) is 4.79 Å². The third-order valence-electron chi connectivity index (χ3n) is 5.58. The molecule has 1 aromatic heterocycles. The predicted octanol–water partition coefficient (Wildman–Crippen LogP) is 5.20. The van der Waals surface area contributed by atoms with Crippen LogP contribution in [0.1, 0.15) is 60.0 Å². The molecule has 32 heavy (non-hydrogen) atoms. The Kier molecular flexibility index (Phi) is 8.07. The molecule has 0 aliphatic heterocycles. The summed E-state index contributed by atoms with van der Waals surface area (Å²) in [5.41, 5.74) is 3.27. The first kappa shape index (κ1) is 23.6. The first-order valence-electron chi connectivity index (χ1n) is 11.1. The van der Waals surface area contributed by atoms with Crippen molar-refractivity contribution in [2.45, 2.75) is 46.5 Å². The molecule has 0 unspecified atom stereocenters. The molecule has 1 aromatic carbocycles. The molecule has 1 aliphatic carbocycles. The summed E-state index contributed by atoms with van der Waals surface area (Å²) in [4.78, 5) is 28.8. The summed E-state index contributed by atoms with van der Waals surface area (Å²) in [5.74, 6) is -0.943. The van der Waals surface area contributed by atoms with E-state index in [0.717, 1.165) is 60.5 Å². The lowest BCUT2D eigenvalue weighted by Gasteiger charge is -2.20. The van der Waals surface area contributed by atoms with Gasteiger partial charge in [-0.15, -0.1) is 11.3 Å². The summed E-state index contributed by atoms with van der Waals surface area (Å²) >= 11 is 1.41. The van der Waals surface area contributed by atoms with Crippen molar-refractivity contribution < 1.29 is 14.3 Å². The molecule has 6 nitrogen and oxygen atoms in total. The van der Waals surface area contributed by atoms with E-state index in [1.807, 2.05) is 30.3 Å². The molecule has 0 radical (unpaired) electrons. The molecule has 0 saturated carbocycles. The number of aryl methyl sites for hydroxylation is 1. The minimum atomic E-state index is -0.524. The molecule has 7 heteroatoms. The van der Waals surface area contributed by atoms with Crippen LogP contribution in [0.15, 0.2) is 29.8 Å². The molecular weight excluding hydrogens is 422 g/mol. The van der Waals surface area contributed by atoms with Gasteiger partial charge in [-0.1, -0.05) is 12.1 Å². The van der Waals surface area contributed by atoms with Gasteiger partial charge < -0.3 is 15.0 Å². The lowest BCUT2D eigenvalue weighted by Crippen LogP contribution is -2.21. The molecule has 168 valence electrons. The van der Waals surface area contributed by atoms with Gasteiger partial charge in [-0.3, -0.25) is 4.79 Å². The number of fused-ring (bicyclic) bond motifs is 1. The van der Waals surface area contributed by atoms with Crippen molar-refractivity contribution in [1.29, 1.82) is 5.26 Å². The molecule has 1 aliphatic rings. The number of hydrogen-bond acceptors (Lipinski definition) is 6. The average molecular weight is 452 g/mol. The van der Waals surface area contributed by atoms with E-state index in [1.165, 1.54) is 11.3 Å². The van der Waals surface area contributed by atoms with Crippen molar-refractivity contribution in [3.05, 3.63) is 51.4 Å². The van der Waals surface area contributed by atoms with E-state index in [4.69, 9.17) is 4.74 Å². The first-order chi connectivity index (χ1) is 15.5. The zero-order chi connectivity index (χ0) is 23.1. The van der Waals surface area contributed by atoms with Gasteiger partial charge >= 0.3 is 5.97 Å².